The van der Waals surface area contributed by atoms with Crippen molar-refractivity contribution in [3.05, 3.63) is 72.8 Å². The van der Waals surface area contributed by atoms with Crippen LogP contribution in [0.5, 0.6) is 0 Å². The van der Waals surface area contributed by atoms with E-state index in [0.717, 1.165) is 11.5 Å². The largest absolute Gasteiger partial charge is 0.416 e. The number of rotatable bonds is 4. The van der Waals surface area contributed by atoms with Gasteiger partial charge in [-0.3, -0.25) is 0 Å². The van der Waals surface area contributed by atoms with Crippen molar-refractivity contribution < 1.29 is 13.2 Å². The third-order valence-corrected chi connectivity index (χ3v) is 3.22. The predicted molar refractivity (Wildman–Crippen MR) is 77.9 cm³/mol. The second kappa shape index (κ2) is 5.99. The van der Waals surface area contributed by atoms with Crippen LogP contribution in [0.25, 0.3) is 0 Å². The molecule has 0 atom stereocenters. The molecule has 0 aromatic heterocycles. The molecule has 20 heavy (non-hydrogen) atoms. The van der Waals surface area contributed by atoms with Crippen molar-refractivity contribution in [1.29, 1.82) is 0 Å². The lowest BCUT2D eigenvalue weighted by Crippen LogP contribution is -2.41. The average molecular weight is 274 g/mol. The maximum atomic E-state index is 12.8. The van der Waals surface area contributed by atoms with Gasteiger partial charge in [0.1, 0.15) is 0 Å². The van der Waals surface area contributed by atoms with E-state index in [4.69, 9.17) is 0 Å². The lowest BCUT2D eigenvalue weighted by molar-refractivity contribution is -0.137. The van der Waals surface area contributed by atoms with E-state index in [2.05, 4.69) is 6.58 Å². The Kier molecular flexibility index (Phi) is 4.33. The molecule has 4 heteroatoms. The number of alkyl halides is 3. The van der Waals surface area contributed by atoms with Gasteiger partial charge in [-0.2, -0.15) is 13.2 Å². The molecule has 2 aromatic carbocycles. The molecule has 102 valence electrons. The van der Waals surface area contributed by atoms with Crippen LogP contribution in [0, 0.1) is 0 Å². The fraction of sp³-hybridized carbons (Fsp3) is 0.125. The first kappa shape index (κ1) is 14.4. The van der Waals surface area contributed by atoms with Crippen LogP contribution in [-0.4, -0.2) is 6.71 Å². The van der Waals surface area contributed by atoms with Crippen LogP contribution in [0.15, 0.2) is 67.3 Å². The molecule has 0 bridgehead atoms. The summed E-state index contributed by atoms with van der Waals surface area (Å²) >= 11 is 0. The maximum absolute atomic E-state index is 12.8. The summed E-state index contributed by atoms with van der Waals surface area (Å²) in [6, 6.07) is 15.0. The van der Waals surface area contributed by atoms with E-state index in [1.807, 2.05) is 30.3 Å². The third kappa shape index (κ3) is 3.32. The molecule has 0 fully saturated rings. The van der Waals surface area contributed by atoms with Crippen molar-refractivity contribution in [2.45, 2.75) is 12.5 Å². The van der Waals surface area contributed by atoms with Crippen LogP contribution in [-0.2, 0) is 6.18 Å². The molecule has 0 saturated heterocycles. The van der Waals surface area contributed by atoms with E-state index in [-0.39, 0.29) is 6.71 Å². The highest BCUT2D eigenvalue weighted by molar-refractivity contribution is 6.85. The van der Waals surface area contributed by atoms with Crippen LogP contribution in [0.4, 0.5) is 13.2 Å². The first-order valence-electron chi connectivity index (χ1n) is 6.35. The summed E-state index contributed by atoms with van der Waals surface area (Å²) < 4.78 is 38.4. The molecular weight excluding hydrogens is 260 g/mol. The Hall–Kier alpha value is -1.97. The van der Waals surface area contributed by atoms with Crippen molar-refractivity contribution in [1.82, 2.24) is 0 Å². The van der Waals surface area contributed by atoms with Gasteiger partial charge in [0.05, 0.1) is 5.56 Å². The van der Waals surface area contributed by atoms with Gasteiger partial charge in [0.2, 0.25) is 6.71 Å². The van der Waals surface area contributed by atoms with Crippen LogP contribution >= 0.6 is 0 Å². The fourth-order valence-corrected chi connectivity index (χ4v) is 2.25. The van der Waals surface area contributed by atoms with Gasteiger partial charge in [-0.15, -0.1) is 6.58 Å². The van der Waals surface area contributed by atoms with E-state index < -0.39 is 11.7 Å². The van der Waals surface area contributed by atoms with Crippen LogP contribution in [0.2, 0.25) is 6.32 Å². The molecule has 0 amide bonds. The topological polar surface area (TPSA) is 0 Å². The Morgan fingerprint density at radius 3 is 2.20 bits per heavy atom. The molecule has 0 unspecified atom stereocenters. The van der Waals surface area contributed by atoms with Gasteiger partial charge in [-0.05, 0) is 6.32 Å². The molecule has 0 saturated carbocycles. The van der Waals surface area contributed by atoms with Crippen molar-refractivity contribution in [2.24, 2.45) is 0 Å². The van der Waals surface area contributed by atoms with E-state index in [1.54, 1.807) is 12.1 Å². The van der Waals surface area contributed by atoms with E-state index in [1.165, 1.54) is 12.1 Å². The number of hydrogen-bond donors (Lipinski definition) is 0. The summed E-state index contributed by atoms with van der Waals surface area (Å²) in [5.74, 6) is 0. The van der Waals surface area contributed by atoms with Crippen molar-refractivity contribution in [2.75, 3.05) is 0 Å². The standard InChI is InChI=1S/C16H14BF3/c1-2-11-17(14-8-4-3-5-9-14)15-10-6-7-13(12-15)16(18,19)20/h2-10,12H,1,11H2. The van der Waals surface area contributed by atoms with E-state index >= 15 is 0 Å². The lowest BCUT2D eigenvalue weighted by atomic mass is 9.38. The normalized spacial score (nSPS) is 11.2. The summed E-state index contributed by atoms with van der Waals surface area (Å²) in [6.07, 6.45) is -1.98. The molecule has 0 N–H and O–H groups in total. The summed E-state index contributed by atoms with van der Waals surface area (Å²) in [5, 5.41) is 0. The Balaban J connectivity index is 2.43. The van der Waals surface area contributed by atoms with Crippen LogP contribution in [0.1, 0.15) is 5.56 Å². The number of hydrogen-bond acceptors (Lipinski definition) is 0. The highest BCUT2D eigenvalue weighted by atomic mass is 19.4. The zero-order valence-corrected chi connectivity index (χ0v) is 10.9. The Morgan fingerprint density at radius 2 is 1.60 bits per heavy atom. The molecule has 0 radical (unpaired) electrons. The fourth-order valence-electron chi connectivity index (χ4n) is 2.25. The minimum atomic E-state index is -4.31. The molecule has 0 spiro atoms. The highest BCUT2D eigenvalue weighted by Gasteiger charge is 2.31. The molecule has 0 aliphatic carbocycles. The number of allylic oxidation sites excluding steroid dienone is 1. The van der Waals surface area contributed by atoms with Gasteiger partial charge in [0.25, 0.3) is 0 Å². The quantitative estimate of drug-likeness (QED) is 0.591. The molecule has 0 aliphatic heterocycles. The molecule has 0 aliphatic rings. The maximum Gasteiger partial charge on any atom is 0.416 e. The molecule has 2 aromatic rings. The monoisotopic (exact) mass is 274 g/mol. The Labute approximate surface area is 117 Å². The third-order valence-electron chi connectivity index (χ3n) is 3.22. The van der Waals surface area contributed by atoms with Gasteiger partial charge in [0.15, 0.2) is 0 Å². The first-order chi connectivity index (χ1) is 9.52. The second-order valence-electron chi connectivity index (χ2n) is 4.61. The summed E-state index contributed by atoms with van der Waals surface area (Å²) in [5.41, 5.74) is 1.04. The van der Waals surface area contributed by atoms with Gasteiger partial charge in [-0.1, -0.05) is 71.6 Å². The summed E-state index contributed by atoms with van der Waals surface area (Å²) in [6.45, 7) is 3.60. The van der Waals surface area contributed by atoms with E-state index in [0.29, 0.717) is 11.8 Å². The average Bonchev–Trinajstić information content (AvgIpc) is 2.45. The van der Waals surface area contributed by atoms with E-state index in [9.17, 15) is 13.2 Å². The molecule has 2 rings (SSSR count). The smallest absolute Gasteiger partial charge is 0.166 e. The Morgan fingerprint density at radius 1 is 0.950 bits per heavy atom. The van der Waals surface area contributed by atoms with Gasteiger partial charge >= 0.3 is 6.18 Å². The van der Waals surface area contributed by atoms with Gasteiger partial charge in [0, 0.05) is 0 Å². The second-order valence-corrected chi connectivity index (χ2v) is 4.61. The zero-order chi connectivity index (χ0) is 14.6. The Bertz CT molecular complexity index is 576. The van der Waals surface area contributed by atoms with Crippen LogP contribution in [0.3, 0.4) is 0 Å². The summed E-state index contributed by atoms with van der Waals surface area (Å²) in [7, 11) is 0. The molecular formula is C16H14BF3. The van der Waals surface area contributed by atoms with Crippen molar-refractivity contribution in [3.63, 3.8) is 0 Å². The summed E-state index contributed by atoms with van der Waals surface area (Å²) in [4.78, 5) is 0. The minimum Gasteiger partial charge on any atom is -0.166 e. The zero-order valence-electron chi connectivity index (χ0n) is 10.9. The minimum absolute atomic E-state index is 0.101. The predicted octanol–water partition coefficient (Wildman–Crippen LogP) is 3.50. The SMILES string of the molecule is C=CCB(c1ccccc1)c1cccc(C(F)(F)F)c1. The molecule has 0 heterocycles. The highest BCUT2D eigenvalue weighted by Crippen LogP contribution is 2.28. The number of halogens is 3. The first-order valence-corrected chi connectivity index (χ1v) is 6.35. The van der Waals surface area contributed by atoms with Crippen molar-refractivity contribution in [3.8, 4) is 0 Å². The van der Waals surface area contributed by atoms with Crippen LogP contribution < -0.4 is 10.9 Å². The van der Waals surface area contributed by atoms with Gasteiger partial charge < -0.3 is 0 Å². The van der Waals surface area contributed by atoms with Gasteiger partial charge in [-0.25, -0.2) is 0 Å². The van der Waals surface area contributed by atoms with Crippen molar-refractivity contribution >= 4 is 17.6 Å². The lowest BCUT2D eigenvalue weighted by Gasteiger charge is -2.15. The molecule has 0 nitrogen and oxygen atoms in total. The number of benzene rings is 2.